The molecule has 4 nitrogen and oxygen atoms in total. The van der Waals surface area contributed by atoms with Crippen LogP contribution in [0.5, 0.6) is 0 Å². The van der Waals surface area contributed by atoms with Gasteiger partial charge in [-0.05, 0) is 56.7 Å². The molecule has 1 aromatic rings. The molecule has 5 heteroatoms. The Hall–Kier alpha value is -1.07. The molecule has 18 heavy (non-hydrogen) atoms. The minimum absolute atomic E-state index is 0.642. The Bertz CT molecular complexity index is 366. The molecule has 2 N–H and O–H groups in total. The molecule has 0 bridgehead atoms. The lowest BCUT2D eigenvalue weighted by molar-refractivity contribution is 0.210. The van der Waals surface area contributed by atoms with Crippen LogP contribution < -0.4 is 10.6 Å². The van der Waals surface area contributed by atoms with Crippen molar-refractivity contribution in [2.24, 2.45) is 5.92 Å². The van der Waals surface area contributed by atoms with Crippen LogP contribution in [0.4, 0.5) is 0 Å². The first-order valence-corrected chi connectivity index (χ1v) is 6.87. The van der Waals surface area contributed by atoms with Crippen LogP contribution in [-0.2, 0) is 6.54 Å². The van der Waals surface area contributed by atoms with E-state index in [-0.39, 0.29) is 0 Å². The molecule has 1 atom stereocenters. The van der Waals surface area contributed by atoms with E-state index in [1.807, 2.05) is 12.1 Å². The molecular formula is C13H21N3OS. The molecule has 0 spiro atoms. The van der Waals surface area contributed by atoms with Crippen molar-refractivity contribution in [3.63, 3.8) is 0 Å². The van der Waals surface area contributed by atoms with Crippen LogP contribution in [0.1, 0.15) is 18.6 Å². The summed E-state index contributed by atoms with van der Waals surface area (Å²) >= 11 is 5.25. The summed E-state index contributed by atoms with van der Waals surface area (Å²) < 4.78 is 5.24. The zero-order chi connectivity index (χ0) is 12.8. The number of hydrogen-bond acceptors (Lipinski definition) is 3. The molecule has 0 amide bonds. The van der Waals surface area contributed by atoms with Gasteiger partial charge in [-0.15, -0.1) is 0 Å². The summed E-state index contributed by atoms with van der Waals surface area (Å²) in [5, 5.41) is 7.14. The SMILES string of the molecule is CN1CCCC(CNC(=S)NCc2ccco2)C1. The number of piperidine rings is 1. The van der Waals surface area contributed by atoms with Gasteiger partial charge in [0.1, 0.15) is 5.76 Å². The van der Waals surface area contributed by atoms with Crippen molar-refractivity contribution < 1.29 is 4.42 Å². The van der Waals surface area contributed by atoms with Crippen LogP contribution in [-0.4, -0.2) is 36.7 Å². The first-order valence-electron chi connectivity index (χ1n) is 6.46. The Morgan fingerprint density at radius 2 is 2.44 bits per heavy atom. The van der Waals surface area contributed by atoms with Crippen molar-refractivity contribution in [3.05, 3.63) is 24.2 Å². The molecule has 100 valence electrons. The van der Waals surface area contributed by atoms with Gasteiger partial charge in [0.05, 0.1) is 12.8 Å². The quantitative estimate of drug-likeness (QED) is 0.811. The zero-order valence-corrected chi connectivity index (χ0v) is 11.6. The molecule has 1 aromatic heterocycles. The molecule has 1 fully saturated rings. The first-order chi connectivity index (χ1) is 8.74. The van der Waals surface area contributed by atoms with E-state index in [0.29, 0.717) is 17.6 Å². The summed E-state index contributed by atoms with van der Waals surface area (Å²) in [6, 6.07) is 3.82. The lowest BCUT2D eigenvalue weighted by Crippen LogP contribution is -2.42. The lowest BCUT2D eigenvalue weighted by Gasteiger charge is -2.30. The summed E-state index contributed by atoms with van der Waals surface area (Å²) in [6.45, 7) is 3.98. The number of hydrogen-bond donors (Lipinski definition) is 2. The molecule has 1 unspecified atom stereocenters. The van der Waals surface area contributed by atoms with Gasteiger partial charge in [0.2, 0.25) is 0 Å². The predicted octanol–water partition coefficient (Wildman–Crippen LogP) is 1.59. The van der Waals surface area contributed by atoms with E-state index >= 15 is 0 Å². The maximum atomic E-state index is 5.25. The zero-order valence-electron chi connectivity index (χ0n) is 10.8. The molecule has 2 rings (SSSR count). The van der Waals surface area contributed by atoms with Crippen LogP contribution in [0.25, 0.3) is 0 Å². The highest BCUT2D eigenvalue weighted by Crippen LogP contribution is 2.13. The summed E-state index contributed by atoms with van der Waals surface area (Å²) in [5.74, 6) is 1.60. The second kappa shape index (κ2) is 6.75. The van der Waals surface area contributed by atoms with E-state index in [0.717, 1.165) is 18.8 Å². The molecule has 1 aliphatic rings. The van der Waals surface area contributed by atoms with Gasteiger partial charge in [0, 0.05) is 13.1 Å². The number of nitrogens with zero attached hydrogens (tertiary/aromatic N) is 1. The molecular weight excluding hydrogens is 246 g/mol. The lowest BCUT2D eigenvalue weighted by atomic mass is 9.99. The topological polar surface area (TPSA) is 40.4 Å². The molecule has 0 aromatic carbocycles. The van der Waals surface area contributed by atoms with Crippen molar-refractivity contribution >= 4 is 17.3 Å². The summed E-state index contributed by atoms with van der Waals surface area (Å²) in [4.78, 5) is 2.38. The molecule has 0 aliphatic carbocycles. The molecule has 1 aliphatic heterocycles. The largest absolute Gasteiger partial charge is 0.467 e. The highest BCUT2D eigenvalue weighted by atomic mass is 32.1. The second-order valence-corrected chi connectivity index (χ2v) is 5.32. The maximum absolute atomic E-state index is 5.25. The van der Waals surface area contributed by atoms with Crippen LogP contribution >= 0.6 is 12.2 Å². The molecule has 0 saturated carbocycles. The van der Waals surface area contributed by atoms with Gasteiger partial charge >= 0.3 is 0 Å². The number of rotatable bonds is 4. The number of furan rings is 1. The monoisotopic (exact) mass is 267 g/mol. The number of thiocarbonyl (C=S) groups is 1. The van der Waals surface area contributed by atoms with Crippen LogP contribution in [0, 0.1) is 5.92 Å². The van der Waals surface area contributed by atoms with Gasteiger partial charge in [0.15, 0.2) is 5.11 Å². The van der Waals surface area contributed by atoms with E-state index in [4.69, 9.17) is 16.6 Å². The summed E-state index contributed by atoms with van der Waals surface area (Å²) in [5.41, 5.74) is 0. The summed E-state index contributed by atoms with van der Waals surface area (Å²) in [7, 11) is 2.18. The third-order valence-electron chi connectivity index (χ3n) is 3.28. The maximum Gasteiger partial charge on any atom is 0.166 e. The van der Waals surface area contributed by atoms with Crippen LogP contribution in [0.2, 0.25) is 0 Å². The van der Waals surface area contributed by atoms with Crippen molar-refractivity contribution in [2.75, 3.05) is 26.7 Å². The Morgan fingerprint density at radius 3 is 3.17 bits per heavy atom. The van der Waals surface area contributed by atoms with Gasteiger partial charge in [-0.3, -0.25) is 0 Å². The van der Waals surface area contributed by atoms with E-state index < -0.39 is 0 Å². The first kappa shape index (κ1) is 13.4. The van der Waals surface area contributed by atoms with Gasteiger partial charge in [-0.1, -0.05) is 0 Å². The van der Waals surface area contributed by atoms with E-state index in [2.05, 4.69) is 22.6 Å². The van der Waals surface area contributed by atoms with E-state index in [1.54, 1.807) is 6.26 Å². The van der Waals surface area contributed by atoms with Crippen molar-refractivity contribution in [3.8, 4) is 0 Å². The van der Waals surface area contributed by atoms with Crippen molar-refractivity contribution in [1.82, 2.24) is 15.5 Å². The third-order valence-corrected chi connectivity index (χ3v) is 3.57. The molecule has 2 heterocycles. The molecule has 0 radical (unpaired) electrons. The van der Waals surface area contributed by atoms with E-state index in [1.165, 1.54) is 19.4 Å². The van der Waals surface area contributed by atoms with Gasteiger partial charge < -0.3 is 20.0 Å². The van der Waals surface area contributed by atoms with E-state index in [9.17, 15) is 0 Å². The van der Waals surface area contributed by atoms with Crippen molar-refractivity contribution in [2.45, 2.75) is 19.4 Å². The highest BCUT2D eigenvalue weighted by Gasteiger charge is 2.16. The van der Waals surface area contributed by atoms with Crippen LogP contribution in [0.15, 0.2) is 22.8 Å². The average molecular weight is 267 g/mol. The summed E-state index contributed by atoms with van der Waals surface area (Å²) in [6.07, 6.45) is 4.25. The Balaban J connectivity index is 1.62. The predicted molar refractivity (Wildman–Crippen MR) is 76.4 cm³/mol. The van der Waals surface area contributed by atoms with Crippen molar-refractivity contribution in [1.29, 1.82) is 0 Å². The highest BCUT2D eigenvalue weighted by molar-refractivity contribution is 7.80. The smallest absolute Gasteiger partial charge is 0.166 e. The second-order valence-electron chi connectivity index (χ2n) is 4.91. The average Bonchev–Trinajstić information content (AvgIpc) is 2.87. The van der Waals surface area contributed by atoms with Gasteiger partial charge in [0.25, 0.3) is 0 Å². The standard InChI is InChI=1S/C13H21N3OS/c1-16-6-2-4-11(10-16)8-14-13(18)15-9-12-5-3-7-17-12/h3,5,7,11H,2,4,6,8-10H2,1H3,(H2,14,15,18). The Labute approximate surface area is 114 Å². The minimum atomic E-state index is 0.642. The Kier molecular flexibility index (Phi) is 5.01. The van der Waals surface area contributed by atoms with Gasteiger partial charge in [-0.2, -0.15) is 0 Å². The fourth-order valence-corrected chi connectivity index (χ4v) is 2.48. The van der Waals surface area contributed by atoms with Crippen LogP contribution in [0.3, 0.4) is 0 Å². The fraction of sp³-hybridized carbons (Fsp3) is 0.615. The Morgan fingerprint density at radius 1 is 1.56 bits per heavy atom. The normalized spacial score (nSPS) is 20.6. The number of nitrogens with one attached hydrogen (secondary N) is 2. The minimum Gasteiger partial charge on any atom is -0.467 e. The third kappa shape index (κ3) is 4.31. The fourth-order valence-electron chi connectivity index (χ4n) is 2.32. The number of likely N-dealkylation sites (tertiary alicyclic amines) is 1. The van der Waals surface area contributed by atoms with Gasteiger partial charge in [-0.25, -0.2) is 0 Å². The molecule has 1 saturated heterocycles.